The fraction of sp³-hybridized carbons (Fsp3) is 1.00. The quantitative estimate of drug-likeness (QED) is 0.742. The van der Waals surface area contributed by atoms with Gasteiger partial charge in [-0.1, -0.05) is 0 Å². The van der Waals surface area contributed by atoms with Crippen LogP contribution in [-0.2, 0) is 19.5 Å². The van der Waals surface area contributed by atoms with Gasteiger partial charge in [0.25, 0.3) is 0 Å². The van der Waals surface area contributed by atoms with E-state index in [1.165, 1.54) is 0 Å². The Morgan fingerprint density at radius 1 is 1.05 bits per heavy atom. The second kappa shape index (κ2) is 6.52. The highest BCUT2D eigenvalue weighted by Gasteiger charge is 2.32. The van der Waals surface area contributed by atoms with Gasteiger partial charge in [-0.15, -0.1) is 0 Å². The Balaban J connectivity index is 2.02. The molecule has 2 saturated heterocycles. The first-order valence-electron chi connectivity index (χ1n) is 7.22. The van der Waals surface area contributed by atoms with Gasteiger partial charge in [0.1, 0.15) is 0 Å². The summed E-state index contributed by atoms with van der Waals surface area (Å²) in [5, 5.41) is -0.393. The highest BCUT2D eigenvalue weighted by atomic mass is 32.2. The highest BCUT2D eigenvalue weighted by Crippen LogP contribution is 2.20. The lowest BCUT2D eigenvalue weighted by molar-refractivity contribution is 0.0646. The van der Waals surface area contributed by atoms with E-state index in [0.29, 0.717) is 13.1 Å². The van der Waals surface area contributed by atoms with E-state index in [-0.39, 0.29) is 12.2 Å². The zero-order valence-electron chi connectivity index (χ0n) is 11.9. The molecule has 0 N–H and O–H groups in total. The van der Waals surface area contributed by atoms with Crippen molar-refractivity contribution in [2.75, 3.05) is 26.3 Å². The van der Waals surface area contributed by atoms with Crippen LogP contribution in [0.3, 0.4) is 0 Å². The summed E-state index contributed by atoms with van der Waals surface area (Å²) in [6.07, 6.45) is 4.07. The minimum Gasteiger partial charge on any atom is -0.377 e. The average molecular weight is 291 g/mol. The van der Waals surface area contributed by atoms with Crippen LogP contribution in [0.5, 0.6) is 0 Å². The third-order valence-electron chi connectivity index (χ3n) is 3.82. The first-order valence-corrected chi connectivity index (χ1v) is 8.72. The third kappa shape index (κ3) is 3.90. The molecule has 2 fully saturated rings. The van der Waals surface area contributed by atoms with Gasteiger partial charge in [0.2, 0.25) is 10.0 Å². The van der Waals surface area contributed by atoms with Crippen LogP contribution in [0, 0.1) is 0 Å². The molecule has 0 amide bonds. The molecule has 0 aromatic heterocycles. The zero-order chi connectivity index (χ0) is 13.9. The molecule has 0 spiro atoms. The van der Waals surface area contributed by atoms with Crippen molar-refractivity contribution in [2.45, 2.75) is 57.0 Å². The van der Waals surface area contributed by atoms with Crippen molar-refractivity contribution in [3.63, 3.8) is 0 Å². The van der Waals surface area contributed by atoms with Crippen LogP contribution in [-0.4, -0.2) is 56.5 Å². The van der Waals surface area contributed by atoms with E-state index in [9.17, 15) is 8.42 Å². The lowest BCUT2D eigenvalue weighted by Crippen LogP contribution is -2.44. The molecule has 0 saturated carbocycles. The van der Waals surface area contributed by atoms with Gasteiger partial charge in [0.15, 0.2) is 0 Å². The fourth-order valence-electron chi connectivity index (χ4n) is 2.61. The maximum atomic E-state index is 12.4. The molecule has 2 heterocycles. The molecule has 19 heavy (non-hydrogen) atoms. The minimum atomic E-state index is -3.24. The molecule has 0 aromatic carbocycles. The second-order valence-corrected chi connectivity index (χ2v) is 8.17. The van der Waals surface area contributed by atoms with Gasteiger partial charge in [-0.05, 0) is 39.5 Å². The van der Waals surface area contributed by atoms with Crippen molar-refractivity contribution in [3.05, 3.63) is 0 Å². The van der Waals surface area contributed by atoms with Crippen LogP contribution in [0.2, 0.25) is 0 Å². The number of hydrogen-bond donors (Lipinski definition) is 0. The molecule has 6 heteroatoms. The van der Waals surface area contributed by atoms with Crippen LogP contribution in [0.15, 0.2) is 0 Å². The van der Waals surface area contributed by atoms with Crippen molar-refractivity contribution in [1.82, 2.24) is 4.31 Å². The molecule has 0 aromatic rings. The second-order valence-electron chi connectivity index (χ2n) is 5.68. The summed E-state index contributed by atoms with van der Waals surface area (Å²) in [6, 6.07) is 0. The summed E-state index contributed by atoms with van der Waals surface area (Å²) in [5.41, 5.74) is 0. The average Bonchev–Trinajstić information content (AvgIpc) is 3.00. The topological polar surface area (TPSA) is 55.8 Å². The Morgan fingerprint density at radius 3 is 1.84 bits per heavy atom. The Morgan fingerprint density at radius 2 is 1.53 bits per heavy atom. The van der Waals surface area contributed by atoms with E-state index in [1.807, 2.05) is 0 Å². The van der Waals surface area contributed by atoms with Gasteiger partial charge in [-0.25, -0.2) is 8.42 Å². The normalized spacial score (nSPS) is 28.6. The largest absolute Gasteiger partial charge is 0.377 e. The van der Waals surface area contributed by atoms with Gasteiger partial charge in [-0.2, -0.15) is 4.31 Å². The van der Waals surface area contributed by atoms with Gasteiger partial charge < -0.3 is 9.47 Å². The molecule has 2 rings (SSSR count). The van der Waals surface area contributed by atoms with Crippen LogP contribution in [0.25, 0.3) is 0 Å². The molecule has 2 aliphatic heterocycles. The molecular weight excluding hydrogens is 266 g/mol. The molecule has 5 nitrogen and oxygen atoms in total. The van der Waals surface area contributed by atoms with E-state index in [0.717, 1.165) is 38.9 Å². The van der Waals surface area contributed by atoms with Crippen LogP contribution in [0.1, 0.15) is 39.5 Å². The first kappa shape index (κ1) is 15.2. The summed E-state index contributed by atoms with van der Waals surface area (Å²) in [4.78, 5) is 0. The smallest absolute Gasteiger partial charge is 0.216 e. The first-order chi connectivity index (χ1) is 9.00. The van der Waals surface area contributed by atoms with Crippen molar-refractivity contribution < 1.29 is 17.9 Å². The Kier molecular flexibility index (Phi) is 5.22. The molecule has 112 valence electrons. The van der Waals surface area contributed by atoms with Crippen molar-refractivity contribution in [2.24, 2.45) is 0 Å². The van der Waals surface area contributed by atoms with E-state index in [1.54, 1.807) is 18.2 Å². The highest BCUT2D eigenvalue weighted by molar-refractivity contribution is 7.89. The maximum absolute atomic E-state index is 12.4. The molecule has 2 aliphatic rings. The summed E-state index contributed by atoms with van der Waals surface area (Å²) < 4.78 is 37.6. The third-order valence-corrected chi connectivity index (χ3v) is 6.03. The van der Waals surface area contributed by atoms with E-state index in [2.05, 4.69) is 0 Å². The SMILES string of the molecule is CC(C)S(=O)(=O)N(CC1CCCO1)CC1CCCO1. The van der Waals surface area contributed by atoms with Crippen LogP contribution >= 0.6 is 0 Å². The van der Waals surface area contributed by atoms with Crippen LogP contribution < -0.4 is 0 Å². The number of ether oxygens (including phenoxy) is 2. The van der Waals surface area contributed by atoms with Gasteiger partial charge in [-0.3, -0.25) is 0 Å². The standard InChI is InChI=1S/C13H25NO4S/c1-11(2)19(15,16)14(9-12-5-3-7-17-12)10-13-6-4-8-18-13/h11-13H,3-10H2,1-2H3. The van der Waals surface area contributed by atoms with Crippen molar-refractivity contribution in [1.29, 1.82) is 0 Å². The van der Waals surface area contributed by atoms with E-state index >= 15 is 0 Å². The molecule has 2 unspecified atom stereocenters. The Labute approximate surface area is 116 Å². The molecule has 2 atom stereocenters. The van der Waals surface area contributed by atoms with Crippen LogP contribution in [0.4, 0.5) is 0 Å². The minimum absolute atomic E-state index is 0.0509. The Hall–Kier alpha value is -0.170. The van der Waals surface area contributed by atoms with Gasteiger partial charge >= 0.3 is 0 Å². The molecular formula is C13H25NO4S. The monoisotopic (exact) mass is 291 g/mol. The van der Waals surface area contributed by atoms with Crippen molar-refractivity contribution >= 4 is 10.0 Å². The van der Waals surface area contributed by atoms with E-state index in [4.69, 9.17) is 9.47 Å². The van der Waals surface area contributed by atoms with E-state index < -0.39 is 15.3 Å². The summed E-state index contributed by atoms with van der Waals surface area (Å²) in [7, 11) is -3.24. The molecule has 0 radical (unpaired) electrons. The Bertz CT molecular complexity index is 352. The predicted octanol–water partition coefficient (Wildman–Crippen LogP) is 1.38. The number of rotatable bonds is 6. The number of hydrogen-bond acceptors (Lipinski definition) is 4. The number of sulfonamides is 1. The van der Waals surface area contributed by atoms with Crippen molar-refractivity contribution in [3.8, 4) is 0 Å². The van der Waals surface area contributed by atoms with Gasteiger partial charge in [0, 0.05) is 26.3 Å². The lowest BCUT2D eigenvalue weighted by atomic mass is 10.2. The fourth-order valence-corrected chi connectivity index (χ4v) is 3.96. The predicted molar refractivity (Wildman–Crippen MR) is 73.6 cm³/mol. The summed E-state index contributed by atoms with van der Waals surface area (Å²) >= 11 is 0. The summed E-state index contributed by atoms with van der Waals surface area (Å²) in [5.74, 6) is 0. The maximum Gasteiger partial charge on any atom is 0.216 e. The summed E-state index contributed by atoms with van der Waals surface area (Å²) in [6.45, 7) is 5.90. The zero-order valence-corrected chi connectivity index (χ0v) is 12.7. The van der Waals surface area contributed by atoms with Gasteiger partial charge in [0.05, 0.1) is 17.5 Å². The lowest BCUT2D eigenvalue weighted by Gasteiger charge is -2.28. The molecule has 0 aliphatic carbocycles. The number of nitrogens with zero attached hydrogens (tertiary/aromatic N) is 1. The molecule has 0 bridgehead atoms.